The van der Waals surface area contributed by atoms with Gasteiger partial charge in [-0.05, 0) is 44.2 Å². The van der Waals surface area contributed by atoms with E-state index in [2.05, 4.69) is 20.6 Å². The summed E-state index contributed by atoms with van der Waals surface area (Å²) in [7, 11) is 0. The Balaban J connectivity index is 1.27. The molecule has 2 N–H and O–H groups in total. The number of rotatable bonds is 9. The normalized spacial score (nSPS) is 18.1. The number of para-hydroxylation sites is 2. The number of nitrogens with zero attached hydrogens (tertiary/aromatic N) is 4. The van der Waals surface area contributed by atoms with Crippen LogP contribution in [0, 0.1) is 5.92 Å². The van der Waals surface area contributed by atoms with Gasteiger partial charge in [-0.1, -0.05) is 26.0 Å². The molecule has 0 saturated heterocycles. The van der Waals surface area contributed by atoms with Gasteiger partial charge in [-0.2, -0.15) is 18.3 Å². The minimum atomic E-state index is -4.87. The van der Waals surface area contributed by atoms with Crippen molar-refractivity contribution in [3.05, 3.63) is 53.5 Å². The molecule has 1 fully saturated rings. The van der Waals surface area contributed by atoms with Crippen LogP contribution >= 0.6 is 0 Å². The van der Waals surface area contributed by atoms with E-state index in [1.165, 1.54) is 24.3 Å². The average Bonchev–Trinajstić information content (AvgIpc) is 3.55. The molecule has 2 heterocycles. The van der Waals surface area contributed by atoms with Crippen LogP contribution in [0.5, 0.6) is 5.75 Å². The van der Waals surface area contributed by atoms with Crippen LogP contribution in [-0.4, -0.2) is 43.3 Å². The van der Waals surface area contributed by atoms with Crippen molar-refractivity contribution in [1.29, 1.82) is 0 Å². The van der Waals surface area contributed by atoms with Gasteiger partial charge in [0.25, 0.3) is 5.91 Å². The monoisotopic (exact) mass is 533 g/mol. The van der Waals surface area contributed by atoms with Crippen molar-refractivity contribution in [2.75, 3.05) is 6.54 Å². The first-order valence-corrected chi connectivity index (χ1v) is 12.6. The van der Waals surface area contributed by atoms with Crippen molar-refractivity contribution in [3.8, 4) is 11.4 Å². The summed E-state index contributed by atoms with van der Waals surface area (Å²) in [5.41, 5.74) is -2.00. The van der Waals surface area contributed by atoms with Gasteiger partial charge in [0.05, 0.1) is 5.56 Å². The zero-order valence-corrected chi connectivity index (χ0v) is 21.2. The van der Waals surface area contributed by atoms with Gasteiger partial charge < -0.3 is 14.8 Å². The minimum absolute atomic E-state index is 0.0109. The number of aromatic nitrogens is 4. The van der Waals surface area contributed by atoms with E-state index < -0.39 is 23.3 Å². The second-order valence-electron chi connectivity index (χ2n) is 9.83. The number of carbonyl (C=O) groups is 2. The summed E-state index contributed by atoms with van der Waals surface area (Å²) < 4.78 is 47.2. The highest BCUT2D eigenvalue weighted by atomic mass is 19.4. The predicted molar refractivity (Wildman–Crippen MR) is 130 cm³/mol. The van der Waals surface area contributed by atoms with E-state index in [-0.39, 0.29) is 47.9 Å². The fourth-order valence-electron chi connectivity index (χ4n) is 4.60. The molecule has 12 heteroatoms. The van der Waals surface area contributed by atoms with Crippen LogP contribution in [0.3, 0.4) is 0 Å². The molecule has 4 rings (SSSR count). The van der Waals surface area contributed by atoms with Crippen LogP contribution in [0.15, 0.2) is 34.9 Å². The number of amides is 1. The molecule has 204 valence electrons. The molecule has 0 atom stereocenters. The van der Waals surface area contributed by atoms with Crippen molar-refractivity contribution < 1.29 is 32.3 Å². The first-order valence-electron chi connectivity index (χ1n) is 12.6. The number of aromatic hydroxyl groups is 1. The number of Topliss-reactive ketones (excluding diaryl/α,β-unsaturated/α-hetero) is 1. The number of halogens is 3. The van der Waals surface area contributed by atoms with E-state index >= 15 is 0 Å². The molecule has 2 aromatic heterocycles. The SMILES string of the molecule is CC(C)c1nnc(C2CCC(C(=O)CCCNC(=O)c3cn(-c4ccccc4O)nc3C(F)(F)F)CC2)o1. The quantitative estimate of drug-likeness (QED) is 0.364. The van der Waals surface area contributed by atoms with E-state index in [1.807, 2.05) is 13.8 Å². The Morgan fingerprint density at radius 1 is 1.16 bits per heavy atom. The topological polar surface area (TPSA) is 123 Å². The van der Waals surface area contributed by atoms with E-state index in [9.17, 15) is 27.9 Å². The fraction of sp³-hybridized carbons (Fsp3) is 0.500. The predicted octanol–water partition coefficient (Wildman–Crippen LogP) is 5.16. The third-order valence-electron chi connectivity index (χ3n) is 6.72. The van der Waals surface area contributed by atoms with E-state index in [0.717, 1.165) is 23.7 Å². The molecule has 0 radical (unpaired) electrons. The van der Waals surface area contributed by atoms with Gasteiger partial charge in [0.2, 0.25) is 11.8 Å². The molecule has 1 aliphatic carbocycles. The van der Waals surface area contributed by atoms with Crippen LogP contribution in [-0.2, 0) is 11.0 Å². The molecule has 1 aliphatic rings. The standard InChI is InChI=1S/C26H30F3N5O4/c1-15(2)24-31-32-25(38-24)17-11-9-16(10-12-17)20(35)8-5-13-30-23(37)18-14-34(33-22(18)26(27,28)29)19-6-3-4-7-21(19)36/h3-4,6-7,14-17,36H,5,8-13H2,1-2H3,(H,30,37). The van der Waals surface area contributed by atoms with Crippen LogP contribution in [0.2, 0.25) is 0 Å². The number of carbonyl (C=O) groups excluding carboxylic acids is 2. The van der Waals surface area contributed by atoms with Crippen molar-refractivity contribution in [2.45, 2.75) is 70.4 Å². The van der Waals surface area contributed by atoms with Gasteiger partial charge in [-0.3, -0.25) is 9.59 Å². The number of hydrogen-bond donors (Lipinski definition) is 2. The third-order valence-corrected chi connectivity index (χ3v) is 6.72. The number of ketones is 1. The molecule has 0 unspecified atom stereocenters. The first-order chi connectivity index (χ1) is 18.0. The number of alkyl halides is 3. The number of benzene rings is 1. The van der Waals surface area contributed by atoms with Gasteiger partial charge in [0.1, 0.15) is 17.2 Å². The second-order valence-corrected chi connectivity index (χ2v) is 9.83. The Morgan fingerprint density at radius 2 is 1.87 bits per heavy atom. The van der Waals surface area contributed by atoms with E-state index in [4.69, 9.17) is 4.42 Å². The summed E-state index contributed by atoms with van der Waals surface area (Å²) >= 11 is 0. The van der Waals surface area contributed by atoms with Crippen molar-refractivity contribution in [1.82, 2.24) is 25.3 Å². The molecule has 1 aromatic carbocycles. The van der Waals surface area contributed by atoms with Crippen molar-refractivity contribution in [3.63, 3.8) is 0 Å². The number of phenolic OH excluding ortho intramolecular Hbond substituents is 1. The molecule has 9 nitrogen and oxygen atoms in total. The summed E-state index contributed by atoms with van der Waals surface area (Å²) in [5.74, 6) is 0.271. The van der Waals surface area contributed by atoms with E-state index in [0.29, 0.717) is 31.0 Å². The highest BCUT2D eigenvalue weighted by molar-refractivity contribution is 5.95. The second kappa shape index (κ2) is 11.4. The lowest BCUT2D eigenvalue weighted by molar-refractivity contribution is -0.141. The van der Waals surface area contributed by atoms with Crippen LogP contribution in [0.4, 0.5) is 13.2 Å². The molecule has 0 bridgehead atoms. The Kier molecular flexibility index (Phi) is 8.17. The molecule has 0 aliphatic heterocycles. The molecular weight excluding hydrogens is 503 g/mol. The van der Waals surface area contributed by atoms with Gasteiger partial charge in [0, 0.05) is 36.9 Å². The molecule has 0 spiro atoms. The molecule has 3 aromatic rings. The highest BCUT2D eigenvalue weighted by Gasteiger charge is 2.39. The van der Waals surface area contributed by atoms with Crippen molar-refractivity contribution >= 4 is 11.7 Å². The van der Waals surface area contributed by atoms with E-state index in [1.54, 1.807) is 0 Å². The summed E-state index contributed by atoms with van der Waals surface area (Å²) in [6.45, 7) is 4.00. The Morgan fingerprint density at radius 3 is 2.50 bits per heavy atom. The Bertz CT molecular complexity index is 1280. The smallest absolute Gasteiger partial charge is 0.435 e. The van der Waals surface area contributed by atoms with Gasteiger partial charge in [-0.25, -0.2) is 4.68 Å². The van der Waals surface area contributed by atoms with Gasteiger partial charge in [-0.15, -0.1) is 10.2 Å². The maximum atomic E-state index is 13.5. The first kappa shape index (κ1) is 27.3. The number of nitrogens with one attached hydrogen (secondary N) is 1. The van der Waals surface area contributed by atoms with Crippen molar-refractivity contribution in [2.24, 2.45) is 5.92 Å². The largest absolute Gasteiger partial charge is 0.506 e. The molecule has 1 saturated carbocycles. The average molecular weight is 534 g/mol. The maximum Gasteiger partial charge on any atom is 0.435 e. The Hall–Kier alpha value is -3.70. The summed E-state index contributed by atoms with van der Waals surface area (Å²) in [6, 6.07) is 5.74. The summed E-state index contributed by atoms with van der Waals surface area (Å²) in [5, 5.41) is 24.1. The maximum absolute atomic E-state index is 13.5. The number of hydrogen-bond acceptors (Lipinski definition) is 7. The highest BCUT2D eigenvalue weighted by Crippen LogP contribution is 2.37. The lowest BCUT2D eigenvalue weighted by Crippen LogP contribution is -2.27. The zero-order chi connectivity index (χ0) is 27.4. The summed E-state index contributed by atoms with van der Waals surface area (Å²) in [6.07, 6.45) is -0.454. The fourth-order valence-corrected chi connectivity index (χ4v) is 4.60. The van der Waals surface area contributed by atoms with Gasteiger partial charge >= 0.3 is 6.18 Å². The summed E-state index contributed by atoms with van der Waals surface area (Å²) in [4.78, 5) is 25.2. The third kappa shape index (κ3) is 6.22. The minimum Gasteiger partial charge on any atom is -0.506 e. The molecule has 38 heavy (non-hydrogen) atoms. The lowest BCUT2D eigenvalue weighted by atomic mass is 9.79. The molecular formula is C26H30F3N5O4. The Labute approximate surface area is 217 Å². The lowest BCUT2D eigenvalue weighted by Gasteiger charge is -2.25. The van der Waals surface area contributed by atoms with Gasteiger partial charge in [0.15, 0.2) is 5.69 Å². The van der Waals surface area contributed by atoms with Crippen LogP contribution < -0.4 is 5.32 Å². The molecule has 1 amide bonds. The number of phenols is 1. The zero-order valence-electron chi connectivity index (χ0n) is 21.2. The van der Waals surface area contributed by atoms with Crippen LogP contribution in [0.1, 0.15) is 92.0 Å². The van der Waals surface area contributed by atoms with Crippen LogP contribution in [0.25, 0.3) is 5.69 Å².